The topological polar surface area (TPSA) is 66.9 Å². The molecule has 23 heavy (non-hydrogen) atoms. The number of rotatable bonds is 8. The highest BCUT2D eigenvalue weighted by molar-refractivity contribution is 5.93. The lowest BCUT2D eigenvalue weighted by Crippen LogP contribution is -2.25. The van der Waals surface area contributed by atoms with Crippen molar-refractivity contribution in [3.8, 4) is 11.4 Å². The van der Waals surface area contributed by atoms with Crippen LogP contribution in [0.15, 0.2) is 36.4 Å². The van der Waals surface area contributed by atoms with E-state index in [1.54, 1.807) is 6.07 Å². The van der Waals surface area contributed by atoms with Gasteiger partial charge in [0.15, 0.2) is 5.82 Å². The third-order valence-corrected chi connectivity index (χ3v) is 3.36. The highest BCUT2D eigenvalue weighted by atomic mass is 16.1. The Balaban J connectivity index is 2.29. The van der Waals surface area contributed by atoms with Crippen molar-refractivity contribution in [1.29, 1.82) is 0 Å². The number of carbonyl (C=O) groups excluding carboxylic acids is 1. The first kappa shape index (κ1) is 16.9. The minimum atomic E-state index is -0.162. The summed E-state index contributed by atoms with van der Waals surface area (Å²) >= 11 is 0. The summed E-state index contributed by atoms with van der Waals surface area (Å²) in [6.07, 6.45) is 3.06. The van der Waals surface area contributed by atoms with Gasteiger partial charge in [-0.25, -0.2) is 9.97 Å². The smallest absolute Gasteiger partial charge is 0.270 e. The Kier molecular flexibility index (Phi) is 6.54. The lowest BCUT2D eigenvalue weighted by atomic mass is 10.2. The van der Waals surface area contributed by atoms with E-state index in [1.165, 1.54) is 0 Å². The minimum Gasteiger partial charge on any atom is -0.370 e. The summed E-state index contributed by atoms with van der Waals surface area (Å²) in [5, 5.41) is 6.14. The minimum absolute atomic E-state index is 0.162. The Hall–Kier alpha value is -2.43. The summed E-state index contributed by atoms with van der Waals surface area (Å²) in [6.45, 7) is 5.63. The van der Waals surface area contributed by atoms with E-state index < -0.39 is 0 Å². The number of anilines is 1. The van der Waals surface area contributed by atoms with Crippen LogP contribution in [-0.4, -0.2) is 29.0 Å². The van der Waals surface area contributed by atoms with Crippen LogP contribution in [-0.2, 0) is 0 Å². The zero-order valence-electron chi connectivity index (χ0n) is 13.8. The second-order valence-corrected chi connectivity index (χ2v) is 5.36. The first-order chi connectivity index (χ1) is 11.2. The molecule has 0 aliphatic rings. The molecule has 122 valence electrons. The molecule has 2 aromatic rings. The lowest BCUT2D eigenvalue weighted by molar-refractivity contribution is 0.0948. The molecule has 0 radical (unpaired) electrons. The molecule has 0 bridgehead atoms. The molecule has 1 aromatic carbocycles. The van der Waals surface area contributed by atoms with Gasteiger partial charge in [0.1, 0.15) is 11.5 Å². The van der Waals surface area contributed by atoms with Crippen LogP contribution in [0.4, 0.5) is 5.82 Å². The predicted octanol–water partition coefficient (Wildman–Crippen LogP) is 3.50. The summed E-state index contributed by atoms with van der Waals surface area (Å²) in [4.78, 5) is 21.2. The van der Waals surface area contributed by atoms with E-state index in [-0.39, 0.29) is 5.91 Å². The molecule has 0 saturated heterocycles. The van der Waals surface area contributed by atoms with Gasteiger partial charge in [0.25, 0.3) is 5.91 Å². The van der Waals surface area contributed by atoms with Crippen molar-refractivity contribution in [2.45, 2.75) is 33.1 Å². The third-order valence-electron chi connectivity index (χ3n) is 3.36. The van der Waals surface area contributed by atoms with Crippen LogP contribution in [0, 0.1) is 0 Å². The lowest BCUT2D eigenvalue weighted by Gasteiger charge is -2.10. The van der Waals surface area contributed by atoms with Crippen molar-refractivity contribution in [1.82, 2.24) is 15.3 Å². The fraction of sp³-hybridized carbons (Fsp3) is 0.389. The number of hydrogen-bond donors (Lipinski definition) is 2. The normalized spacial score (nSPS) is 10.3. The van der Waals surface area contributed by atoms with Gasteiger partial charge in [0.05, 0.1) is 0 Å². The maximum absolute atomic E-state index is 12.2. The highest BCUT2D eigenvalue weighted by Crippen LogP contribution is 2.18. The predicted molar refractivity (Wildman–Crippen MR) is 93.5 cm³/mol. The largest absolute Gasteiger partial charge is 0.370 e. The Bertz CT molecular complexity index is 628. The van der Waals surface area contributed by atoms with Crippen molar-refractivity contribution in [3.63, 3.8) is 0 Å². The van der Waals surface area contributed by atoms with Gasteiger partial charge >= 0.3 is 0 Å². The zero-order chi connectivity index (χ0) is 16.5. The molecule has 0 fully saturated rings. The summed E-state index contributed by atoms with van der Waals surface area (Å²) < 4.78 is 0. The van der Waals surface area contributed by atoms with Gasteiger partial charge < -0.3 is 10.6 Å². The van der Waals surface area contributed by atoms with Gasteiger partial charge in [-0.05, 0) is 12.8 Å². The van der Waals surface area contributed by atoms with Crippen LogP contribution in [0.5, 0.6) is 0 Å². The van der Waals surface area contributed by atoms with E-state index in [0.29, 0.717) is 23.9 Å². The van der Waals surface area contributed by atoms with Gasteiger partial charge in [0, 0.05) is 24.7 Å². The summed E-state index contributed by atoms with van der Waals surface area (Å²) in [5.41, 5.74) is 1.29. The van der Waals surface area contributed by atoms with E-state index >= 15 is 0 Å². The van der Waals surface area contributed by atoms with Gasteiger partial charge in [-0.2, -0.15) is 0 Å². The molecule has 0 unspecified atom stereocenters. The number of unbranched alkanes of at least 4 members (excludes halogenated alkanes) is 1. The molecule has 1 amide bonds. The fourth-order valence-electron chi connectivity index (χ4n) is 2.09. The molecule has 2 rings (SSSR count). The quantitative estimate of drug-likeness (QED) is 0.732. The van der Waals surface area contributed by atoms with E-state index in [4.69, 9.17) is 0 Å². The van der Waals surface area contributed by atoms with Gasteiger partial charge in [-0.3, -0.25) is 4.79 Å². The molecule has 0 aliphatic carbocycles. The first-order valence-electron chi connectivity index (χ1n) is 8.21. The van der Waals surface area contributed by atoms with Crippen molar-refractivity contribution in [2.24, 2.45) is 0 Å². The van der Waals surface area contributed by atoms with Crippen LogP contribution >= 0.6 is 0 Å². The number of amides is 1. The molecular weight excluding hydrogens is 288 g/mol. The van der Waals surface area contributed by atoms with Crippen LogP contribution in [0.1, 0.15) is 43.6 Å². The first-order valence-corrected chi connectivity index (χ1v) is 8.21. The third kappa shape index (κ3) is 5.06. The second-order valence-electron chi connectivity index (χ2n) is 5.36. The number of hydrogen-bond acceptors (Lipinski definition) is 4. The average Bonchev–Trinajstić information content (AvgIpc) is 2.60. The van der Waals surface area contributed by atoms with Gasteiger partial charge in [-0.1, -0.05) is 50.6 Å². The SMILES string of the molecule is CCCCNc1cc(C(=O)NCCC)nc(-c2ccccc2)n1. The molecule has 0 saturated carbocycles. The number of benzene rings is 1. The fourth-order valence-corrected chi connectivity index (χ4v) is 2.09. The molecular formula is C18H24N4O. The summed E-state index contributed by atoms with van der Waals surface area (Å²) in [5.74, 6) is 1.09. The highest BCUT2D eigenvalue weighted by Gasteiger charge is 2.12. The molecule has 5 nitrogen and oxygen atoms in total. The Morgan fingerprint density at radius 2 is 1.83 bits per heavy atom. The molecule has 1 heterocycles. The summed E-state index contributed by atoms with van der Waals surface area (Å²) in [6, 6.07) is 11.4. The second kappa shape index (κ2) is 8.88. The average molecular weight is 312 g/mol. The van der Waals surface area contributed by atoms with Crippen molar-refractivity contribution in [2.75, 3.05) is 18.4 Å². The molecule has 1 aromatic heterocycles. The molecule has 0 spiro atoms. The van der Waals surface area contributed by atoms with Gasteiger partial charge in [0.2, 0.25) is 0 Å². The zero-order valence-corrected chi connectivity index (χ0v) is 13.8. The molecule has 0 aliphatic heterocycles. The molecule has 0 atom stereocenters. The molecule has 5 heteroatoms. The Morgan fingerprint density at radius 3 is 2.52 bits per heavy atom. The van der Waals surface area contributed by atoms with E-state index in [2.05, 4.69) is 27.5 Å². The summed E-state index contributed by atoms with van der Waals surface area (Å²) in [7, 11) is 0. The van der Waals surface area contributed by atoms with Crippen molar-refractivity contribution in [3.05, 3.63) is 42.1 Å². The number of carbonyl (C=O) groups is 1. The molecule has 2 N–H and O–H groups in total. The van der Waals surface area contributed by atoms with E-state index in [0.717, 1.165) is 31.4 Å². The maximum atomic E-state index is 12.2. The van der Waals surface area contributed by atoms with Crippen molar-refractivity contribution < 1.29 is 4.79 Å². The van der Waals surface area contributed by atoms with Gasteiger partial charge in [-0.15, -0.1) is 0 Å². The van der Waals surface area contributed by atoms with E-state index in [1.807, 2.05) is 37.3 Å². The van der Waals surface area contributed by atoms with Crippen LogP contribution in [0.2, 0.25) is 0 Å². The number of nitrogens with zero attached hydrogens (tertiary/aromatic N) is 2. The Morgan fingerprint density at radius 1 is 1.04 bits per heavy atom. The Labute approximate surface area is 137 Å². The van der Waals surface area contributed by atoms with Crippen molar-refractivity contribution >= 4 is 11.7 Å². The number of nitrogens with one attached hydrogen (secondary N) is 2. The van der Waals surface area contributed by atoms with Crippen LogP contribution < -0.4 is 10.6 Å². The maximum Gasteiger partial charge on any atom is 0.270 e. The van der Waals surface area contributed by atoms with Crippen LogP contribution in [0.25, 0.3) is 11.4 Å². The number of aromatic nitrogens is 2. The standard InChI is InChI=1S/C18H24N4O/c1-3-5-12-19-16-13-15(18(23)20-11-4-2)21-17(22-16)14-9-7-6-8-10-14/h6-10,13H,3-5,11-12H2,1-2H3,(H,20,23)(H,19,21,22). The van der Waals surface area contributed by atoms with E-state index in [9.17, 15) is 4.79 Å². The van der Waals surface area contributed by atoms with Crippen LogP contribution in [0.3, 0.4) is 0 Å². The monoisotopic (exact) mass is 312 g/mol.